The fraction of sp³-hybridized carbons (Fsp3) is 0.394. The van der Waals surface area contributed by atoms with Crippen molar-refractivity contribution in [3.05, 3.63) is 95.1 Å². The van der Waals surface area contributed by atoms with Crippen LogP contribution in [0.5, 0.6) is 11.5 Å². The molecule has 1 aliphatic heterocycles. The predicted molar refractivity (Wildman–Crippen MR) is 156 cm³/mol. The number of ether oxygens (including phenoxy) is 3. The van der Waals surface area contributed by atoms with Gasteiger partial charge >= 0.3 is 6.09 Å². The summed E-state index contributed by atoms with van der Waals surface area (Å²) in [6.07, 6.45) is -0.353. The van der Waals surface area contributed by atoms with Gasteiger partial charge in [-0.2, -0.15) is 0 Å². The summed E-state index contributed by atoms with van der Waals surface area (Å²) in [5.41, 5.74) is 2.95. The summed E-state index contributed by atoms with van der Waals surface area (Å²) in [7, 11) is 0. The van der Waals surface area contributed by atoms with Crippen molar-refractivity contribution in [2.45, 2.75) is 59.4 Å². The Kier molecular flexibility index (Phi) is 9.35. The van der Waals surface area contributed by atoms with Crippen molar-refractivity contribution in [2.75, 3.05) is 26.2 Å². The third-order valence-electron chi connectivity index (χ3n) is 6.66. The van der Waals surface area contributed by atoms with E-state index >= 15 is 0 Å². The van der Waals surface area contributed by atoms with Crippen LogP contribution in [0.1, 0.15) is 67.6 Å². The van der Waals surface area contributed by atoms with E-state index in [0.717, 1.165) is 16.7 Å². The number of rotatable bonds is 8. The van der Waals surface area contributed by atoms with Crippen LogP contribution in [0, 0.1) is 0 Å². The van der Waals surface area contributed by atoms with Crippen LogP contribution in [0.3, 0.4) is 0 Å². The van der Waals surface area contributed by atoms with E-state index in [1.165, 1.54) is 0 Å². The maximum atomic E-state index is 13.9. The molecule has 1 fully saturated rings. The molecule has 0 radical (unpaired) electrons. The quantitative estimate of drug-likeness (QED) is 0.317. The van der Waals surface area contributed by atoms with E-state index in [0.29, 0.717) is 56.5 Å². The number of amides is 2. The molecule has 0 atom stereocenters. The molecule has 2 amide bonds. The maximum Gasteiger partial charge on any atom is 0.410 e. The molecule has 0 unspecified atom stereocenters. The van der Waals surface area contributed by atoms with E-state index in [1.807, 2.05) is 93.6 Å². The van der Waals surface area contributed by atoms with Crippen LogP contribution in [-0.2, 0) is 18.0 Å². The molecule has 212 valence electrons. The number of hydrogen-bond acceptors (Lipinski definition) is 5. The summed E-state index contributed by atoms with van der Waals surface area (Å²) in [6, 6.07) is 23.6. The van der Waals surface area contributed by atoms with Crippen LogP contribution in [0.15, 0.2) is 72.8 Å². The maximum absolute atomic E-state index is 13.9. The number of hydrogen-bond donors (Lipinski definition) is 0. The Morgan fingerprint density at radius 1 is 0.750 bits per heavy atom. The first-order valence-corrected chi connectivity index (χ1v) is 13.9. The van der Waals surface area contributed by atoms with E-state index in [9.17, 15) is 9.59 Å². The van der Waals surface area contributed by atoms with Gasteiger partial charge in [-0.15, -0.1) is 0 Å². The Hall–Kier alpha value is -4.00. The predicted octanol–water partition coefficient (Wildman–Crippen LogP) is 6.66. The minimum absolute atomic E-state index is 0.122. The van der Waals surface area contributed by atoms with Gasteiger partial charge in [-0.25, -0.2) is 4.79 Å². The molecule has 0 aliphatic carbocycles. The summed E-state index contributed by atoms with van der Waals surface area (Å²) in [6.45, 7) is 12.1. The Balaban J connectivity index is 1.57. The van der Waals surface area contributed by atoms with E-state index in [4.69, 9.17) is 14.2 Å². The smallest absolute Gasteiger partial charge is 0.410 e. The molecule has 3 aromatic carbocycles. The minimum atomic E-state index is -0.563. The van der Waals surface area contributed by atoms with Crippen LogP contribution in [0.25, 0.3) is 0 Å². The highest BCUT2D eigenvalue weighted by Gasteiger charge is 2.30. The van der Waals surface area contributed by atoms with Gasteiger partial charge in [0.1, 0.15) is 30.3 Å². The molecule has 3 aromatic rings. The van der Waals surface area contributed by atoms with E-state index < -0.39 is 5.60 Å². The molecular weight excluding hydrogens is 504 g/mol. The highest BCUT2D eigenvalue weighted by molar-refractivity contribution is 5.97. The normalized spacial score (nSPS) is 13.8. The van der Waals surface area contributed by atoms with Crippen molar-refractivity contribution in [3.63, 3.8) is 0 Å². The molecule has 1 saturated heterocycles. The van der Waals surface area contributed by atoms with Gasteiger partial charge in [-0.05, 0) is 49.4 Å². The van der Waals surface area contributed by atoms with Gasteiger partial charge in [-0.1, -0.05) is 74.5 Å². The summed E-state index contributed by atoms with van der Waals surface area (Å²) >= 11 is 0. The highest BCUT2D eigenvalue weighted by atomic mass is 16.6. The molecular formula is C33H40N2O5. The van der Waals surface area contributed by atoms with Crippen molar-refractivity contribution in [1.29, 1.82) is 0 Å². The van der Waals surface area contributed by atoms with E-state index in [-0.39, 0.29) is 17.9 Å². The zero-order chi connectivity index (χ0) is 28.7. The standard InChI is InChI=1S/C33H40N2O5/c1-24(2)27-20-28(31(36)34-16-18-35(19-17-34)32(37)40-33(3,4)5)30(39-23-26-14-10-7-11-15-26)21-29(27)38-22-25-12-8-6-9-13-25/h6-15,20-21,24H,16-19,22-23H2,1-5H3. The van der Waals surface area contributed by atoms with Gasteiger partial charge in [0.15, 0.2) is 0 Å². The molecule has 0 aromatic heterocycles. The molecule has 4 rings (SSSR count). The van der Waals surface area contributed by atoms with Crippen molar-refractivity contribution in [3.8, 4) is 11.5 Å². The minimum Gasteiger partial charge on any atom is -0.488 e. The number of carbonyl (C=O) groups is 2. The molecule has 0 spiro atoms. The molecule has 1 heterocycles. The fourth-order valence-corrected chi connectivity index (χ4v) is 4.50. The zero-order valence-electron chi connectivity index (χ0n) is 24.2. The molecule has 7 heteroatoms. The van der Waals surface area contributed by atoms with Crippen molar-refractivity contribution < 1.29 is 23.8 Å². The second-order valence-corrected chi connectivity index (χ2v) is 11.3. The zero-order valence-corrected chi connectivity index (χ0v) is 24.2. The van der Waals surface area contributed by atoms with Crippen molar-refractivity contribution in [2.24, 2.45) is 0 Å². The van der Waals surface area contributed by atoms with Crippen molar-refractivity contribution in [1.82, 2.24) is 9.80 Å². The topological polar surface area (TPSA) is 68.3 Å². The van der Waals surface area contributed by atoms with Gasteiger partial charge < -0.3 is 24.0 Å². The average Bonchev–Trinajstić information content (AvgIpc) is 2.94. The van der Waals surface area contributed by atoms with Crippen molar-refractivity contribution >= 4 is 12.0 Å². The number of benzene rings is 3. The Morgan fingerprint density at radius 2 is 1.25 bits per heavy atom. The summed E-state index contributed by atoms with van der Waals surface area (Å²) in [5.74, 6) is 1.19. The van der Waals surface area contributed by atoms with Gasteiger partial charge in [0, 0.05) is 32.2 Å². The first-order valence-electron chi connectivity index (χ1n) is 13.9. The fourth-order valence-electron chi connectivity index (χ4n) is 4.50. The molecule has 1 aliphatic rings. The largest absolute Gasteiger partial charge is 0.488 e. The molecule has 0 saturated carbocycles. The van der Waals surface area contributed by atoms with Gasteiger partial charge in [-0.3, -0.25) is 4.79 Å². The van der Waals surface area contributed by atoms with Crippen LogP contribution in [-0.4, -0.2) is 53.6 Å². The third-order valence-corrected chi connectivity index (χ3v) is 6.66. The number of piperazine rings is 1. The van der Waals surface area contributed by atoms with Crippen LogP contribution in [0.2, 0.25) is 0 Å². The van der Waals surface area contributed by atoms with Crippen LogP contribution >= 0.6 is 0 Å². The lowest BCUT2D eigenvalue weighted by Crippen LogP contribution is -2.51. The van der Waals surface area contributed by atoms with Crippen LogP contribution < -0.4 is 9.47 Å². The average molecular weight is 545 g/mol. The third kappa shape index (κ3) is 7.78. The SMILES string of the molecule is CC(C)c1cc(C(=O)N2CCN(C(=O)OC(C)(C)C)CC2)c(OCc2ccccc2)cc1OCc1ccccc1. The lowest BCUT2D eigenvalue weighted by molar-refractivity contribution is 0.0140. The number of nitrogens with zero attached hydrogens (tertiary/aromatic N) is 2. The first-order chi connectivity index (χ1) is 19.1. The van der Waals surface area contributed by atoms with Gasteiger partial charge in [0.25, 0.3) is 5.91 Å². The molecule has 0 N–H and O–H groups in total. The summed E-state index contributed by atoms with van der Waals surface area (Å²) in [4.78, 5) is 29.8. The van der Waals surface area contributed by atoms with Gasteiger partial charge in [0.2, 0.25) is 0 Å². The van der Waals surface area contributed by atoms with E-state index in [2.05, 4.69) is 13.8 Å². The Labute approximate surface area is 237 Å². The molecule has 40 heavy (non-hydrogen) atoms. The second kappa shape index (κ2) is 12.9. The lowest BCUT2D eigenvalue weighted by Gasteiger charge is -2.36. The Morgan fingerprint density at radius 3 is 1.75 bits per heavy atom. The highest BCUT2D eigenvalue weighted by Crippen LogP contribution is 2.36. The molecule has 7 nitrogen and oxygen atoms in total. The second-order valence-electron chi connectivity index (χ2n) is 11.3. The van der Waals surface area contributed by atoms with E-state index in [1.54, 1.807) is 9.80 Å². The molecule has 0 bridgehead atoms. The lowest BCUT2D eigenvalue weighted by atomic mass is 9.98. The summed E-state index contributed by atoms with van der Waals surface area (Å²) < 4.78 is 18.0. The monoisotopic (exact) mass is 544 g/mol. The summed E-state index contributed by atoms with van der Waals surface area (Å²) in [5, 5.41) is 0. The number of carbonyl (C=O) groups excluding carboxylic acids is 2. The Bertz CT molecular complexity index is 1280. The van der Waals surface area contributed by atoms with Gasteiger partial charge in [0.05, 0.1) is 5.56 Å². The van der Waals surface area contributed by atoms with Crippen LogP contribution in [0.4, 0.5) is 4.79 Å². The first kappa shape index (κ1) is 29.0.